The van der Waals surface area contributed by atoms with Gasteiger partial charge in [-0.05, 0) is 53.9 Å². The van der Waals surface area contributed by atoms with Crippen LogP contribution in [0.3, 0.4) is 0 Å². The number of aliphatic hydroxyl groups is 3. The fourth-order valence-corrected chi connectivity index (χ4v) is 8.29. The van der Waals surface area contributed by atoms with Gasteiger partial charge in [-0.2, -0.15) is 0 Å². The molecule has 8 heteroatoms. The molecule has 0 spiro atoms. The third kappa shape index (κ3) is 3.68. The van der Waals surface area contributed by atoms with E-state index in [4.69, 9.17) is 5.73 Å². The summed E-state index contributed by atoms with van der Waals surface area (Å²) in [6, 6.07) is 12.6. The Kier molecular flexibility index (Phi) is 6.50. The molecule has 0 aromatic heterocycles. The SMILES string of the molecule is CC(C)[C@H]1C(O)[C@@H](C(N)=O)C(=O)[C@]2(O)C(O)[C@H]3C(=O)c4c(ccc(C#Cc5ccccc5)c4O)C[C@]3(C)C[C@]12C. The van der Waals surface area contributed by atoms with Gasteiger partial charge in [0.25, 0.3) is 0 Å². The van der Waals surface area contributed by atoms with Crippen LogP contribution in [0.5, 0.6) is 5.75 Å². The molecule has 2 fully saturated rings. The summed E-state index contributed by atoms with van der Waals surface area (Å²) in [5.41, 5.74) is 2.21. The van der Waals surface area contributed by atoms with Crippen LogP contribution in [0.2, 0.25) is 0 Å². The number of aliphatic hydroxyl groups excluding tert-OH is 2. The van der Waals surface area contributed by atoms with E-state index in [0.29, 0.717) is 5.56 Å². The normalized spacial score (nSPS) is 36.6. The molecule has 210 valence electrons. The maximum absolute atomic E-state index is 14.1. The molecule has 8 nitrogen and oxygen atoms in total. The molecule has 2 saturated carbocycles. The molecule has 0 bridgehead atoms. The van der Waals surface area contributed by atoms with Crippen molar-refractivity contribution in [3.05, 3.63) is 64.7 Å². The minimum atomic E-state index is -2.53. The number of amides is 1. The van der Waals surface area contributed by atoms with Gasteiger partial charge in [0.1, 0.15) is 17.8 Å². The summed E-state index contributed by atoms with van der Waals surface area (Å²) < 4.78 is 0. The van der Waals surface area contributed by atoms with Gasteiger partial charge in [-0.15, -0.1) is 0 Å². The zero-order valence-electron chi connectivity index (χ0n) is 23.0. The van der Waals surface area contributed by atoms with E-state index in [1.807, 2.05) is 51.1 Å². The zero-order valence-corrected chi connectivity index (χ0v) is 23.0. The molecule has 8 atom stereocenters. The molecule has 2 aromatic carbocycles. The van der Waals surface area contributed by atoms with Crippen molar-refractivity contribution in [2.24, 2.45) is 40.2 Å². The highest BCUT2D eigenvalue weighted by Gasteiger charge is 2.75. The van der Waals surface area contributed by atoms with Crippen LogP contribution < -0.4 is 5.73 Å². The molecular weight excluding hydrogens is 510 g/mol. The highest BCUT2D eigenvalue weighted by Crippen LogP contribution is 2.65. The first-order valence-electron chi connectivity index (χ1n) is 13.6. The van der Waals surface area contributed by atoms with Crippen LogP contribution in [0.1, 0.15) is 61.2 Å². The maximum atomic E-state index is 14.1. The third-order valence-electron chi connectivity index (χ3n) is 9.77. The number of primary amides is 1. The van der Waals surface area contributed by atoms with Crippen molar-refractivity contribution in [1.82, 2.24) is 0 Å². The number of fused-ring (bicyclic) bond motifs is 3. The molecular formula is C32H35NO7. The van der Waals surface area contributed by atoms with Gasteiger partial charge < -0.3 is 26.2 Å². The van der Waals surface area contributed by atoms with E-state index >= 15 is 0 Å². The number of phenolic OH excluding ortho intramolecular Hbond substituents is 1. The average molecular weight is 546 g/mol. The topological polar surface area (TPSA) is 158 Å². The number of nitrogens with two attached hydrogens (primary N) is 1. The number of carbonyl (C=O) groups is 3. The smallest absolute Gasteiger partial charge is 0.230 e. The van der Waals surface area contributed by atoms with Gasteiger partial charge in [0.2, 0.25) is 5.91 Å². The quantitative estimate of drug-likeness (QED) is 0.285. The van der Waals surface area contributed by atoms with Gasteiger partial charge in [0.05, 0.1) is 23.1 Å². The molecule has 5 rings (SSSR count). The summed E-state index contributed by atoms with van der Waals surface area (Å²) >= 11 is 0. The van der Waals surface area contributed by atoms with Crippen molar-refractivity contribution < 1.29 is 34.8 Å². The number of Topliss-reactive ketones (excluding diaryl/α,β-unsaturated/α-hetero) is 2. The standard InChI is InChI=1S/C32H35NO7/c1-16(2)22-26(36)21(29(33)39)27(37)32(40)28(38)23-25(35)20-19(14-30(23,3)15-31(22,32)4)13-12-18(24(20)34)11-10-17-8-6-5-7-9-17/h5-9,12-13,16,21-23,26,28,34,36,38,40H,14-15H2,1-4H3,(H2,33,39)/t21-,22+,23-,26?,28?,30-,31-,32+/m1/s1. The van der Waals surface area contributed by atoms with Crippen LogP contribution in [0.25, 0.3) is 0 Å². The minimum absolute atomic E-state index is 0.00347. The maximum Gasteiger partial charge on any atom is 0.230 e. The Balaban J connectivity index is 1.64. The summed E-state index contributed by atoms with van der Waals surface area (Å²) in [7, 11) is 0. The monoisotopic (exact) mass is 545 g/mol. The summed E-state index contributed by atoms with van der Waals surface area (Å²) in [6.07, 6.45) is -2.98. The Morgan fingerprint density at radius 2 is 1.70 bits per heavy atom. The Hall–Kier alpha value is -3.51. The molecule has 0 heterocycles. The average Bonchev–Trinajstić information content (AvgIpc) is 2.86. The Labute approximate surface area is 233 Å². The lowest BCUT2D eigenvalue weighted by Crippen LogP contribution is -2.79. The molecule has 0 aliphatic heterocycles. The first-order valence-corrected chi connectivity index (χ1v) is 13.6. The predicted molar refractivity (Wildman–Crippen MR) is 146 cm³/mol. The van der Waals surface area contributed by atoms with Crippen molar-refractivity contribution in [2.75, 3.05) is 0 Å². The van der Waals surface area contributed by atoms with Gasteiger partial charge >= 0.3 is 0 Å². The molecule has 3 aliphatic rings. The number of phenols is 1. The lowest BCUT2D eigenvalue weighted by molar-refractivity contribution is -0.265. The van der Waals surface area contributed by atoms with E-state index in [9.17, 15) is 34.8 Å². The number of hydrogen-bond donors (Lipinski definition) is 5. The molecule has 6 N–H and O–H groups in total. The second-order valence-corrected chi connectivity index (χ2v) is 12.6. The van der Waals surface area contributed by atoms with Gasteiger partial charge in [0.15, 0.2) is 17.2 Å². The van der Waals surface area contributed by atoms with Crippen LogP contribution in [0.4, 0.5) is 0 Å². The van der Waals surface area contributed by atoms with Crippen LogP contribution in [0.15, 0.2) is 42.5 Å². The summed E-state index contributed by atoms with van der Waals surface area (Å²) in [6.45, 7) is 7.08. The number of benzene rings is 2. The molecule has 0 radical (unpaired) electrons. The number of ketones is 2. The molecule has 3 aliphatic carbocycles. The summed E-state index contributed by atoms with van der Waals surface area (Å²) in [5, 5.41) is 46.3. The van der Waals surface area contributed by atoms with Crippen molar-refractivity contribution in [3.8, 4) is 17.6 Å². The third-order valence-corrected chi connectivity index (χ3v) is 9.77. The lowest BCUT2D eigenvalue weighted by atomic mass is 9.39. The zero-order chi connectivity index (χ0) is 29.4. The number of hydrogen-bond acceptors (Lipinski definition) is 7. The van der Waals surface area contributed by atoms with E-state index in [-0.39, 0.29) is 35.6 Å². The molecule has 0 saturated heterocycles. The first kappa shape index (κ1) is 28.0. The van der Waals surface area contributed by atoms with Crippen molar-refractivity contribution in [1.29, 1.82) is 0 Å². The highest BCUT2D eigenvalue weighted by atomic mass is 16.4. The van der Waals surface area contributed by atoms with Crippen LogP contribution in [0, 0.1) is 46.3 Å². The number of rotatable bonds is 2. The van der Waals surface area contributed by atoms with E-state index in [1.165, 1.54) is 0 Å². The molecule has 2 aromatic rings. The van der Waals surface area contributed by atoms with E-state index < -0.39 is 63.9 Å². The van der Waals surface area contributed by atoms with Crippen molar-refractivity contribution in [2.45, 2.75) is 58.3 Å². The number of aromatic hydroxyl groups is 1. The molecule has 2 unspecified atom stereocenters. The summed E-state index contributed by atoms with van der Waals surface area (Å²) in [4.78, 5) is 40.2. The van der Waals surface area contributed by atoms with Gasteiger partial charge in [-0.1, -0.05) is 63.8 Å². The summed E-state index contributed by atoms with van der Waals surface area (Å²) in [5.74, 6) is -1.31. The van der Waals surface area contributed by atoms with E-state index in [2.05, 4.69) is 11.8 Å². The Morgan fingerprint density at radius 3 is 2.30 bits per heavy atom. The predicted octanol–water partition coefficient (Wildman–Crippen LogP) is 1.97. The van der Waals surface area contributed by atoms with Gasteiger partial charge in [0, 0.05) is 11.0 Å². The number of carbonyl (C=O) groups excluding carboxylic acids is 3. The van der Waals surface area contributed by atoms with Gasteiger partial charge in [-0.3, -0.25) is 14.4 Å². The van der Waals surface area contributed by atoms with Crippen molar-refractivity contribution >= 4 is 17.5 Å². The molecule has 40 heavy (non-hydrogen) atoms. The van der Waals surface area contributed by atoms with Crippen LogP contribution in [-0.4, -0.2) is 55.7 Å². The van der Waals surface area contributed by atoms with Gasteiger partial charge in [-0.25, -0.2) is 0 Å². The lowest BCUT2D eigenvalue weighted by Gasteiger charge is -2.66. The van der Waals surface area contributed by atoms with Crippen LogP contribution >= 0.6 is 0 Å². The molecule has 1 amide bonds. The Morgan fingerprint density at radius 1 is 1.05 bits per heavy atom. The largest absolute Gasteiger partial charge is 0.506 e. The minimum Gasteiger partial charge on any atom is -0.506 e. The van der Waals surface area contributed by atoms with E-state index in [1.54, 1.807) is 19.1 Å². The van der Waals surface area contributed by atoms with Crippen molar-refractivity contribution in [3.63, 3.8) is 0 Å². The van der Waals surface area contributed by atoms with Crippen LogP contribution in [-0.2, 0) is 16.0 Å². The van der Waals surface area contributed by atoms with E-state index in [0.717, 1.165) is 5.56 Å². The highest BCUT2D eigenvalue weighted by molar-refractivity contribution is 6.09. The second kappa shape index (κ2) is 9.27. The first-order chi connectivity index (χ1) is 18.7. The fraction of sp³-hybridized carbons (Fsp3) is 0.469. The Bertz CT molecular complexity index is 1470. The second-order valence-electron chi connectivity index (χ2n) is 12.6. The fourth-order valence-electron chi connectivity index (χ4n) is 8.29.